The Bertz CT molecular complexity index is 1290. The molecule has 0 radical (unpaired) electrons. The molecule has 2 aromatic heterocycles. The van der Waals surface area contributed by atoms with Crippen LogP contribution in [0.4, 0.5) is 24.8 Å². The maximum absolute atomic E-state index is 15.0. The van der Waals surface area contributed by atoms with E-state index >= 15 is 0 Å². The van der Waals surface area contributed by atoms with Crippen molar-refractivity contribution in [1.29, 1.82) is 0 Å². The van der Waals surface area contributed by atoms with Gasteiger partial charge in [0.2, 0.25) is 11.9 Å². The van der Waals surface area contributed by atoms with E-state index in [4.69, 9.17) is 5.73 Å². The van der Waals surface area contributed by atoms with Crippen LogP contribution in [0.15, 0.2) is 23.1 Å². The zero-order valence-corrected chi connectivity index (χ0v) is 17.0. The van der Waals surface area contributed by atoms with E-state index < -0.39 is 46.2 Å². The topological polar surface area (TPSA) is 103 Å². The third-order valence-electron chi connectivity index (χ3n) is 5.45. The third-order valence-corrected chi connectivity index (χ3v) is 5.45. The molecular formula is C21H20F3N5O2. The Balaban J connectivity index is 1.88. The van der Waals surface area contributed by atoms with E-state index in [1.807, 2.05) is 6.92 Å². The van der Waals surface area contributed by atoms with Gasteiger partial charge in [-0.25, -0.2) is 18.2 Å². The molecule has 1 aliphatic carbocycles. The fourth-order valence-electron chi connectivity index (χ4n) is 3.61. The lowest BCUT2D eigenvalue weighted by Crippen LogP contribution is -2.25. The summed E-state index contributed by atoms with van der Waals surface area (Å²) in [6, 6.07) is 1.56. The third kappa shape index (κ3) is 3.51. The molecule has 0 saturated heterocycles. The Labute approximate surface area is 175 Å². The van der Waals surface area contributed by atoms with E-state index in [2.05, 4.69) is 15.3 Å². The SMILES string of the molecule is CC(C)n1c(=O)c(-c2cc(F)c(NC(=O)[C@H]3C[C@H]3C)c(F)c2F)cc2cnc(N)nc21. The van der Waals surface area contributed by atoms with Crippen molar-refractivity contribution >= 4 is 28.6 Å². The van der Waals surface area contributed by atoms with Crippen LogP contribution in [0.1, 0.15) is 33.2 Å². The average Bonchev–Trinajstić information content (AvgIpc) is 3.44. The van der Waals surface area contributed by atoms with Crippen molar-refractivity contribution in [1.82, 2.24) is 14.5 Å². The summed E-state index contributed by atoms with van der Waals surface area (Å²) in [6.07, 6.45) is 1.95. The maximum Gasteiger partial charge on any atom is 0.260 e. The molecule has 1 amide bonds. The number of hydrogen-bond acceptors (Lipinski definition) is 5. The minimum atomic E-state index is -1.57. The van der Waals surface area contributed by atoms with Crippen molar-refractivity contribution in [3.63, 3.8) is 0 Å². The van der Waals surface area contributed by atoms with Gasteiger partial charge in [-0.1, -0.05) is 6.92 Å². The van der Waals surface area contributed by atoms with E-state index in [-0.39, 0.29) is 29.0 Å². The number of nitrogens with one attached hydrogen (secondary N) is 1. The highest BCUT2D eigenvalue weighted by Crippen LogP contribution is 2.39. The molecule has 31 heavy (non-hydrogen) atoms. The number of anilines is 2. The van der Waals surface area contributed by atoms with Crippen molar-refractivity contribution < 1.29 is 18.0 Å². The van der Waals surface area contributed by atoms with E-state index in [0.29, 0.717) is 17.9 Å². The summed E-state index contributed by atoms with van der Waals surface area (Å²) in [5, 5.41) is 2.47. The van der Waals surface area contributed by atoms with Gasteiger partial charge in [0.25, 0.3) is 5.56 Å². The number of aromatic nitrogens is 3. The van der Waals surface area contributed by atoms with Crippen LogP contribution < -0.4 is 16.6 Å². The fraction of sp³-hybridized carbons (Fsp3) is 0.333. The number of hydrogen-bond donors (Lipinski definition) is 2. The number of halogens is 3. The van der Waals surface area contributed by atoms with Crippen LogP contribution in [-0.4, -0.2) is 20.4 Å². The largest absolute Gasteiger partial charge is 0.368 e. The van der Waals surface area contributed by atoms with Crippen molar-refractivity contribution in [2.24, 2.45) is 11.8 Å². The number of pyridine rings is 1. The lowest BCUT2D eigenvalue weighted by Gasteiger charge is -2.16. The lowest BCUT2D eigenvalue weighted by molar-refractivity contribution is -0.117. The number of fused-ring (bicyclic) bond motifs is 1. The number of carbonyl (C=O) groups excluding carboxylic acids is 1. The zero-order valence-electron chi connectivity index (χ0n) is 17.0. The van der Waals surface area contributed by atoms with Crippen LogP contribution in [0.3, 0.4) is 0 Å². The number of amides is 1. The van der Waals surface area contributed by atoms with E-state index in [0.717, 1.165) is 0 Å². The van der Waals surface area contributed by atoms with Gasteiger partial charge >= 0.3 is 0 Å². The predicted octanol–water partition coefficient (Wildman–Crippen LogP) is 3.63. The highest BCUT2D eigenvalue weighted by molar-refractivity contribution is 5.95. The highest BCUT2D eigenvalue weighted by atomic mass is 19.2. The molecule has 1 aliphatic rings. The van der Waals surface area contributed by atoms with Crippen LogP contribution in [0, 0.1) is 29.3 Å². The summed E-state index contributed by atoms with van der Waals surface area (Å²) in [5.74, 6) is -5.06. The first-order chi connectivity index (χ1) is 14.6. The van der Waals surface area contributed by atoms with E-state index in [9.17, 15) is 22.8 Å². The van der Waals surface area contributed by atoms with Gasteiger partial charge in [0, 0.05) is 29.1 Å². The summed E-state index contributed by atoms with van der Waals surface area (Å²) in [5.41, 5.74) is 3.45. The predicted molar refractivity (Wildman–Crippen MR) is 110 cm³/mol. The Morgan fingerprint density at radius 1 is 1.23 bits per heavy atom. The van der Waals surface area contributed by atoms with Crippen LogP contribution in [-0.2, 0) is 4.79 Å². The molecule has 10 heteroatoms. The molecular weight excluding hydrogens is 411 g/mol. The second-order valence-electron chi connectivity index (χ2n) is 8.05. The molecule has 0 unspecified atom stereocenters. The molecule has 3 aromatic rings. The molecule has 0 bridgehead atoms. The highest BCUT2D eigenvalue weighted by Gasteiger charge is 2.40. The Morgan fingerprint density at radius 3 is 2.52 bits per heavy atom. The first-order valence-electron chi connectivity index (χ1n) is 9.76. The Hall–Kier alpha value is -3.43. The fourth-order valence-corrected chi connectivity index (χ4v) is 3.61. The molecule has 1 aromatic carbocycles. The summed E-state index contributed by atoms with van der Waals surface area (Å²) in [4.78, 5) is 33.1. The minimum Gasteiger partial charge on any atom is -0.368 e. The number of nitrogens with zero attached hydrogens (tertiary/aromatic N) is 3. The minimum absolute atomic E-state index is 0.0533. The Kier molecular flexibility index (Phi) is 4.95. The van der Waals surface area contributed by atoms with E-state index in [1.54, 1.807) is 13.8 Å². The lowest BCUT2D eigenvalue weighted by atomic mass is 10.0. The first kappa shape index (κ1) is 20.8. The van der Waals surface area contributed by atoms with E-state index in [1.165, 1.54) is 16.8 Å². The zero-order chi connectivity index (χ0) is 22.6. The number of nitrogen functional groups attached to an aromatic ring is 1. The summed E-state index contributed by atoms with van der Waals surface area (Å²) in [6.45, 7) is 5.24. The summed E-state index contributed by atoms with van der Waals surface area (Å²) >= 11 is 0. The van der Waals surface area contributed by atoms with Gasteiger partial charge in [-0.2, -0.15) is 4.98 Å². The number of nitrogens with two attached hydrogens (primary N) is 1. The molecule has 1 fully saturated rings. The molecule has 2 atom stereocenters. The maximum atomic E-state index is 15.0. The molecule has 0 aliphatic heterocycles. The van der Waals surface area contributed by atoms with Gasteiger partial charge in [0.1, 0.15) is 11.3 Å². The Morgan fingerprint density at radius 2 is 1.90 bits per heavy atom. The van der Waals surface area contributed by atoms with Gasteiger partial charge in [-0.3, -0.25) is 14.2 Å². The summed E-state index contributed by atoms with van der Waals surface area (Å²) < 4.78 is 45.6. The van der Waals surface area contributed by atoms with Crippen molar-refractivity contribution in [2.75, 3.05) is 11.1 Å². The van der Waals surface area contributed by atoms with Crippen molar-refractivity contribution in [3.05, 3.63) is 46.1 Å². The second-order valence-corrected chi connectivity index (χ2v) is 8.05. The molecule has 3 N–H and O–H groups in total. The molecule has 0 spiro atoms. The first-order valence-corrected chi connectivity index (χ1v) is 9.76. The molecule has 2 heterocycles. The normalized spacial score (nSPS) is 17.9. The van der Waals surface area contributed by atoms with Gasteiger partial charge in [0.05, 0.1) is 5.56 Å². The standard InChI is InChI=1S/C21H20F3N5O2/c1-8(2)29-18-10(7-26-21(25)28-18)5-13(20(29)31)12-6-14(22)17(16(24)15(12)23)27-19(30)11-4-9(11)3/h5-9,11H,4H2,1-3H3,(H,27,30)(H2,25,26,28)/t9-,11+/m1/s1. The summed E-state index contributed by atoms with van der Waals surface area (Å²) in [7, 11) is 0. The number of carbonyl (C=O) groups is 1. The smallest absolute Gasteiger partial charge is 0.260 e. The monoisotopic (exact) mass is 431 g/mol. The number of rotatable bonds is 4. The van der Waals surface area contributed by atoms with Crippen molar-refractivity contribution in [3.8, 4) is 11.1 Å². The van der Waals surface area contributed by atoms with Crippen LogP contribution in [0.2, 0.25) is 0 Å². The van der Waals surface area contributed by atoms with Crippen LogP contribution in [0.25, 0.3) is 22.2 Å². The van der Waals surface area contributed by atoms with Crippen LogP contribution in [0.5, 0.6) is 0 Å². The van der Waals surface area contributed by atoms with Gasteiger partial charge in [0.15, 0.2) is 17.5 Å². The average molecular weight is 431 g/mol. The van der Waals surface area contributed by atoms with Gasteiger partial charge < -0.3 is 11.1 Å². The molecule has 7 nitrogen and oxygen atoms in total. The van der Waals surface area contributed by atoms with Gasteiger partial charge in [-0.05, 0) is 38.3 Å². The quantitative estimate of drug-likeness (QED) is 0.614. The van der Waals surface area contributed by atoms with Crippen molar-refractivity contribution in [2.45, 2.75) is 33.2 Å². The van der Waals surface area contributed by atoms with Gasteiger partial charge in [-0.15, -0.1) is 0 Å². The number of benzene rings is 1. The molecule has 4 rings (SSSR count). The van der Waals surface area contributed by atoms with Crippen LogP contribution >= 0.6 is 0 Å². The molecule has 1 saturated carbocycles. The second kappa shape index (κ2) is 7.36. The molecule has 162 valence electrons.